The third-order valence-electron chi connectivity index (χ3n) is 18.1. The molecule has 0 saturated heterocycles. The first kappa shape index (κ1) is 68.9. The molecule has 5 unspecified atom stereocenters. The molecule has 15 nitrogen and oxygen atoms in total. The second kappa shape index (κ2) is 33.4. The highest BCUT2D eigenvalue weighted by Gasteiger charge is 2.51. The summed E-state index contributed by atoms with van der Waals surface area (Å²) in [5.41, 5.74) is 2.52. The Bertz CT molecular complexity index is 3240. The lowest BCUT2D eigenvalue weighted by atomic mass is 10.2. The van der Waals surface area contributed by atoms with Gasteiger partial charge in [-0.05, 0) is 112 Å². The zero-order chi connectivity index (χ0) is 64.0. The Hall–Kier alpha value is -6.47. The Morgan fingerprint density at radius 3 is 0.714 bits per heavy atom. The van der Waals surface area contributed by atoms with E-state index in [1.165, 1.54) is 44.9 Å². The van der Waals surface area contributed by atoms with Crippen molar-refractivity contribution in [2.75, 3.05) is 0 Å². The summed E-state index contributed by atoms with van der Waals surface area (Å²) < 4.78 is 63.2. The van der Waals surface area contributed by atoms with Crippen molar-refractivity contribution < 1.29 is 68.2 Å². The summed E-state index contributed by atoms with van der Waals surface area (Å²) in [5, 5.41) is 0. The minimum absolute atomic E-state index is 0.218. The van der Waals surface area contributed by atoms with E-state index >= 15 is 0 Å². The molecule has 0 aromatic heterocycles. The van der Waals surface area contributed by atoms with Crippen LogP contribution in [0.1, 0.15) is 220 Å². The van der Waals surface area contributed by atoms with Crippen LogP contribution >= 0.6 is 0 Å². The Morgan fingerprint density at radius 2 is 0.451 bits per heavy atom. The highest BCUT2D eigenvalue weighted by molar-refractivity contribution is 6.72. The molecule has 0 saturated carbocycles. The fourth-order valence-electron chi connectivity index (χ4n) is 13.2. The van der Waals surface area contributed by atoms with Gasteiger partial charge in [0.15, 0.2) is 0 Å². The largest absolute Gasteiger partial charge is 0.511 e. The second-order valence-electron chi connectivity index (χ2n) is 25.5. The van der Waals surface area contributed by atoms with Gasteiger partial charge in [-0.1, -0.05) is 178 Å². The third-order valence-corrected chi connectivity index (χ3v) is 34.3. The van der Waals surface area contributed by atoms with Gasteiger partial charge in [0.1, 0.15) is 28.7 Å². The number of para-hydroxylation sites is 5. The molecule has 5 aromatic rings. The number of hydrogen-bond donors (Lipinski definition) is 0. The van der Waals surface area contributed by atoms with Gasteiger partial charge in [0.25, 0.3) is 0 Å². The smallest absolute Gasteiger partial charge is 0.462 e. The molecule has 490 valence electrons. The van der Waals surface area contributed by atoms with Crippen molar-refractivity contribution in [1.82, 2.24) is 0 Å². The van der Waals surface area contributed by atoms with E-state index in [0.29, 0.717) is 80.7 Å². The van der Waals surface area contributed by atoms with Crippen LogP contribution in [0.4, 0.5) is 0 Å². The van der Waals surface area contributed by atoms with Crippen LogP contribution < -0.4 is 22.1 Å². The van der Waals surface area contributed by atoms with Crippen molar-refractivity contribution in [3.05, 3.63) is 149 Å². The standard InChI is InChI=1S/C56H74O12Si4.C15H22O3Si/c1-3-5-6-7-22-39-70(62-50-34-19-15-30-46(50)54(58)66-70)40-25-10-11-26-43-72(64-52-36-21-17-32-48(52)56(60)68-72)44-28-13-12-27-42-71(63-51-35-20-16-31-47(51)55(59)67-71)41-24-9-8-23-38-69(37-4-2)61-49-33-18-14-29-45(49)53(57)65-69;1-3-4-5-6-9-12-19(2)17-14-11-8-7-10-13(14)15(16)18-19/h14-21,29-36H,3-13,22-28,37-44H2,1-2H3;7-8,10-11H,3-6,9,12H2,1-2H3. The molecular formula is C71H96O15Si5. The molecule has 0 amide bonds. The molecule has 5 heterocycles. The summed E-state index contributed by atoms with van der Waals surface area (Å²) in [7, 11) is -13.8. The molecule has 0 bridgehead atoms. The Kier molecular flexibility index (Phi) is 25.3. The monoisotopic (exact) mass is 1330 g/mol. The van der Waals surface area contributed by atoms with Crippen LogP contribution in [-0.4, -0.2) is 72.7 Å². The van der Waals surface area contributed by atoms with Gasteiger partial charge >= 0.3 is 72.7 Å². The van der Waals surface area contributed by atoms with Crippen LogP contribution in [0.15, 0.2) is 121 Å². The first-order chi connectivity index (χ1) is 44.2. The van der Waals surface area contributed by atoms with Crippen molar-refractivity contribution in [3.8, 4) is 28.7 Å². The first-order valence-corrected chi connectivity index (χ1v) is 45.7. The lowest BCUT2D eigenvalue weighted by molar-refractivity contribution is 0.0636. The van der Waals surface area contributed by atoms with E-state index in [4.69, 9.17) is 44.3 Å². The number of rotatable bonds is 35. The van der Waals surface area contributed by atoms with Crippen molar-refractivity contribution in [3.63, 3.8) is 0 Å². The Morgan fingerprint density at radius 1 is 0.231 bits per heavy atom. The van der Waals surface area contributed by atoms with Crippen molar-refractivity contribution >= 4 is 72.7 Å². The average molecular weight is 1330 g/mol. The summed E-state index contributed by atoms with van der Waals surface area (Å²) in [6.07, 6.45) is 23.4. The van der Waals surface area contributed by atoms with Gasteiger partial charge in [-0.25, -0.2) is 24.0 Å². The van der Waals surface area contributed by atoms with Crippen molar-refractivity contribution in [1.29, 1.82) is 0 Å². The summed E-state index contributed by atoms with van der Waals surface area (Å²) in [5.74, 6) is 1.89. The van der Waals surface area contributed by atoms with Crippen molar-refractivity contribution in [2.24, 2.45) is 0 Å². The predicted octanol–water partition coefficient (Wildman–Crippen LogP) is 19.1. The zero-order valence-corrected chi connectivity index (χ0v) is 59.3. The molecule has 91 heavy (non-hydrogen) atoms. The van der Waals surface area contributed by atoms with Gasteiger partial charge in [0.2, 0.25) is 0 Å². The van der Waals surface area contributed by atoms with Gasteiger partial charge in [0.05, 0.1) is 27.8 Å². The maximum atomic E-state index is 13.5. The number of fused-ring (bicyclic) bond motifs is 5. The number of carbonyl (C=O) groups is 5. The normalized spacial score (nSPS) is 22.5. The fourth-order valence-corrected chi connectivity index (χ4v) is 28.7. The molecule has 10 rings (SSSR count). The van der Waals surface area contributed by atoms with Gasteiger partial charge in [-0.2, -0.15) is 0 Å². The highest BCUT2D eigenvalue weighted by Crippen LogP contribution is 2.41. The van der Waals surface area contributed by atoms with Crippen LogP contribution in [0.25, 0.3) is 0 Å². The van der Waals surface area contributed by atoms with E-state index in [9.17, 15) is 24.0 Å². The second-order valence-corrected chi connectivity index (χ2v) is 41.6. The minimum atomic E-state index is -2.96. The van der Waals surface area contributed by atoms with Crippen LogP contribution in [0.5, 0.6) is 28.7 Å². The van der Waals surface area contributed by atoms with Gasteiger partial charge in [0, 0.05) is 60.9 Å². The number of carbonyl (C=O) groups excluding carboxylic acids is 5. The lowest BCUT2D eigenvalue weighted by Crippen LogP contribution is -2.50. The van der Waals surface area contributed by atoms with Crippen LogP contribution in [-0.2, 0) is 22.1 Å². The zero-order valence-electron chi connectivity index (χ0n) is 54.3. The molecule has 0 radical (unpaired) electrons. The Balaban J connectivity index is 0.000000439. The average Bonchev–Trinajstić information content (AvgIpc) is 2.16. The molecule has 0 N–H and O–H groups in total. The topological polar surface area (TPSA) is 178 Å². The summed E-state index contributed by atoms with van der Waals surface area (Å²) in [4.78, 5) is 65.0. The molecule has 20 heteroatoms. The van der Waals surface area contributed by atoms with Gasteiger partial charge in [-0.15, -0.1) is 0 Å². The molecule has 5 aliphatic heterocycles. The number of hydrogen-bond acceptors (Lipinski definition) is 15. The van der Waals surface area contributed by atoms with E-state index in [-0.39, 0.29) is 29.8 Å². The Labute approximate surface area is 545 Å². The van der Waals surface area contributed by atoms with Gasteiger partial charge < -0.3 is 44.3 Å². The summed E-state index contributed by atoms with van der Waals surface area (Å²) in [6.45, 7) is 8.51. The summed E-state index contributed by atoms with van der Waals surface area (Å²) in [6, 6.07) is 43.7. The van der Waals surface area contributed by atoms with Crippen molar-refractivity contribution in [2.45, 2.75) is 229 Å². The SMILES string of the molecule is CCCCCCC[Si]1(C)OC(=O)c2ccccc2O1.CCCCCCC[Si]1(CCCCCC[Si]2(CCCCCC[Si]3(CCCCCC[Si]4(CCC)OC(=O)c5ccccc5O4)OC(=O)c4ccccc4O3)OC(=O)c3ccccc3O2)OC(=O)c2ccccc2O1. The molecule has 5 aliphatic rings. The van der Waals surface area contributed by atoms with Gasteiger partial charge in [-0.3, -0.25) is 0 Å². The molecule has 0 aliphatic carbocycles. The van der Waals surface area contributed by atoms with E-state index in [0.717, 1.165) is 133 Å². The molecule has 0 fully saturated rings. The molecule has 0 spiro atoms. The van der Waals surface area contributed by atoms with Crippen LogP contribution in [0.2, 0.25) is 60.9 Å². The predicted molar refractivity (Wildman–Crippen MR) is 364 cm³/mol. The fraction of sp³-hybridized carbons (Fsp3) is 0.507. The van der Waals surface area contributed by atoms with E-state index < -0.39 is 42.8 Å². The van der Waals surface area contributed by atoms with E-state index in [2.05, 4.69) is 20.8 Å². The first-order valence-electron chi connectivity index (χ1n) is 34.3. The quantitative estimate of drug-likeness (QED) is 0.0276. The lowest BCUT2D eigenvalue weighted by Gasteiger charge is -2.36. The van der Waals surface area contributed by atoms with Crippen LogP contribution in [0.3, 0.4) is 0 Å². The van der Waals surface area contributed by atoms with E-state index in [1.54, 1.807) is 30.3 Å². The van der Waals surface area contributed by atoms with Crippen LogP contribution in [0, 0.1) is 0 Å². The minimum Gasteiger partial charge on any atom is -0.511 e. The molecular weight excluding hydrogens is 1230 g/mol. The van der Waals surface area contributed by atoms with E-state index in [1.807, 2.05) is 97.5 Å². The highest BCUT2D eigenvalue weighted by atomic mass is 28.4. The molecule has 5 atom stereocenters. The summed E-state index contributed by atoms with van der Waals surface area (Å²) >= 11 is 0. The maximum absolute atomic E-state index is 13.5. The number of unbranched alkanes of at least 4 members (excludes halogenated alkanes) is 17. The maximum Gasteiger partial charge on any atom is 0.462 e. The molecule has 5 aromatic carbocycles. The number of benzene rings is 5. The third kappa shape index (κ3) is 18.9.